The number of rotatable bonds is 6. The topological polar surface area (TPSA) is 63.5 Å². The largest absolute Gasteiger partial charge is 0.487 e. The highest BCUT2D eigenvalue weighted by Crippen LogP contribution is 2.34. The molecular weight excluding hydrogens is 505 g/mol. The predicted octanol–water partition coefficient (Wildman–Crippen LogP) is 5.63. The Morgan fingerprint density at radius 3 is 2.74 bits per heavy atom. The molecule has 0 spiro atoms. The highest BCUT2D eigenvalue weighted by atomic mass is 35.5. The van der Waals surface area contributed by atoms with Gasteiger partial charge in [0.25, 0.3) is 0 Å². The van der Waals surface area contributed by atoms with Gasteiger partial charge in [0.05, 0.1) is 30.2 Å². The first-order valence-corrected chi connectivity index (χ1v) is 13.0. The van der Waals surface area contributed by atoms with Gasteiger partial charge in [0, 0.05) is 34.8 Å². The molecule has 1 aliphatic heterocycles. The monoisotopic (exact) mass is 535 g/mol. The number of piperazine rings is 1. The Morgan fingerprint density at radius 2 is 2.00 bits per heavy atom. The molecule has 0 aliphatic carbocycles. The third-order valence-electron chi connectivity index (χ3n) is 7.37. The van der Waals surface area contributed by atoms with Gasteiger partial charge in [-0.15, -0.1) is 0 Å². The molecule has 1 aliphatic rings. The zero-order chi connectivity index (χ0) is 27.1. The molecule has 2 atom stereocenters. The number of para-hydroxylation sites is 1. The van der Waals surface area contributed by atoms with Crippen LogP contribution in [0.5, 0.6) is 5.75 Å². The molecule has 0 bridgehead atoms. The van der Waals surface area contributed by atoms with Crippen molar-refractivity contribution in [2.45, 2.75) is 46.4 Å². The maximum Gasteiger partial charge on any atom is 0.240 e. The molecule has 1 fully saturated rings. The van der Waals surface area contributed by atoms with Crippen LogP contribution in [0, 0.1) is 19.7 Å². The number of carbonyl (C=O) groups is 1. The fraction of sp³-hybridized carbons (Fsp3) is 0.345. The van der Waals surface area contributed by atoms with Gasteiger partial charge in [-0.1, -0.05) is 29.8 Å². The van der Waals surface area contributed by atoms with E-state index in [-0.39, 0.29) is 24.6 Å². The number of ether oxygens (including phenoxy) is 1. The number of benzene rings is 2. The number of fused-ring (bicyclic) bond motifs is 1. The number of nitrogens with zero attached hydrogens (tertiary/aromatic N) is 5. The van der Waals surface area contributed by atoms with Gasteiger partial charge in [-0.05, 0) is 64.1 Å². The second kappa shape index (κ2) is 10.3. The van der Waals surface area contributed by atoms with Gasteiger partial charge in [0.15, 0.2) is 5.82 Å². The van der Waals surface area contributed by atoms with E-state index in [1.54, 1.807) is 0 Å². The fourth-order valence-electron chi connectivity index (χ4n) is 5.09. The van der Waals surface area contributed by atoms with Crippen molar-refractivity contribution in [3.63, 3.8) is 0 Å². The van der Waals surface area contributed by atoms with Crippen molar-refractivity contribution in [3.05, 3.63) is 82.0 Å². The number of pyridine rings is 1. The van der Waals surface area contributed by atoms with Crippen LogP contribution in [0.2, 0.25) is 5.02 Å². The minimum absolute atomic E-state index is 0.104. The quantitative estimate of drug-likeness (QED) is 0.320. The Morgan fingerprint density at radius 1 is 1.21 bits per heavy atom. The highest BCUT2D eigenvalue weighted by Gasteiger charge is 2.33. The van der Waals surface area contributed by atoms with Gasteiger partial charge in [-0.25, -0.2) is 14.1 Å². The zero-order valence-corrected chi connectivity index (χ0v) is 23.0. The molecule has 38 heavy (non-hydrogen) atoms. The van der Waals surface area contributed by atoms with E-state index in [0.717, 1.165) is 34.3 Å². The third-order valence-corrected chi connectivity index (χ3v) is 7.70. The van der Waals surface area contributed by atoms with Gasteiger partial charge in [-0.3, -0.25) is 9.69 Å². The molecule has 198 valence electrons. The summed E-state index contributed by atoms with van der Waals surface area (Å²) in [4.78, 5) is 21.8. The summed E-state index contributed by atoms with van der Waals surface area (Å²) in [7, 11) is 1.97. The molecule has 2 aromatic heterocycles. The summed E-state index contributed by atoms with van der Waals surface area (Å²) in [5, 5.41) is 5.52. The summed E-state index contributed by atoms with van der Waals surface area (Å²) in [6.45, 7) is 9.53. The van der Waals surface area contributed by atoms with Gasteiger partial charge < -0.3 is 9.64 Å². The van der Waals surface area contributed by atoms with Crippen LogP contribution in [0.25, 0.3) is 16.6 Å². The second-order valence-electron chi connectivity index (χ2n) is 10.0. The number of halogens is 2. The lowest BCUT2D eigenvalue weighted by Gasteiger charge is -2.41. The van der Waals surface area contributed by atoms with Crippen molar-refractivity contribution in [3.8, 4) is 11.4 Å². The normalized spacial score (nSPS) is 17.3. The number of carbonyl (C=O) groups excluding carboxylic acids is 1. The van der Waals surface area contributed by atoms with Gasteiger partial charge in [0.1, 0.15) is 17.9 Å². The van der Waals surface area contributed by atoms with Crippen molar-refractivity contribution in [1.29, 1.82) is 0 Å². The van der Waals surface area contributed by atoms with Crippen molar-refractivity contribution >= 4 is 28.4 Å². The lowest BCUT2D eigenvalue weighted by Crippen LogP contribution is -2.54. The number of amides is 1. The molecule has 0 N–H and O–H groups in total. The van der Waals surface area contributed by atoms with E-state index < -0.39 is 5.82 Å². The zero-order valence-electron chi connectivity index (χ0n) is 22.2. The number of hydrogen-bond acceptors (Lipinski definition) is 5. The minimum Gasteiger partial charge on any atom is -0.487 e. The standard InChI is InChI=1S/C29H31ClFN5O2/c1-17-11-23(19(3)35-10-9-34(5)20(4)29(35)37)24(25(30)12-17)16-38-27-8-6-7-22-26(13-18(2)33-28(22)27)36-15-21(31)14-32-36/h6-8,11-15,19-20H,9-10,16H2,1-5H3/t19-,20-/m0/s1. The molecule has 7 nitrogen and oxygen atoms in total. The predicted molar refractivity (Wildman–Crippen MR) is 146 cm³/mol. The molecule has 4 aromatic rings. The van der Waals surface area contributed by atoms with Crippen molar-refractivity contribution in [2.75, 3.05) is 20.1 Å². The van der Waals surface area contributed by atoms with Gasteiger partial charge >= 0.3 is 0 Å². The van der Waals surface area contributed by atoms with Crippen LogP contribution in [0.1, 0.15) is 42.3 Å². The van der Waals surface area contributed by atoms with Gasteiger partial charge in [0.2, 0.25) is 5.91 Å². The second-order valence-corrected chi connectivity index (χ2v) is 10.4. The average molecular weight is 536 g/mol. The number of hydrogen-bond donors (Lipinski definition) is 0. The Labute approximate surface area is 226 Å². The summed E-state index contributed by atoms with van der Waals surface area (Å²) < 4.78 is 21.6. The SMILES string of the molecule is Cc1cc(Cl)c(COc2cccc3c(-n4cc(F)cn4)cc(C)nc23)c([C@H](C)N2CCN(C)[C@@H](C)C2=O)c1. The molecule has 0 radical (unpaired) electrons. The Bertz CT molecular complexity index is 1520. The molecule has 9 heteroatoms. The number of likely N-dealkylation sites (N-methyl/N-ethyl adjacent to an activating group) is 1. The fourth-order valence-corrected chi connectivity index (χ4v) is 5.43. The van der Waals surface area contributed by atoms with E-state index in [9.17, 15) is 9.18 Å². The average Bonchev–Trinajstić information content (AvgIpc) is 3.31. The van der Waals surface area contributed by atoms with Crippen molar-refractivity contribution < 1.29 is 13.9 Å². The van der Waals surface area contributed by atoms with Crippen LogP contribution in [-0.2, 0) is 11.4 Å². The van der Waals surface area contributed by atoms with Crippen molar-refractivity contribution in [2.24, 2.45) is 0 Å². The van der Waals surface area contributed by atoms with Crippen molar-refractivity contribution in [1.82, 2.24) is 24.6 Å². The summed E-state index contributed by atoms with van der Waals surface area (Å²) in [6.07, 6.45) is 2.51. The smallest absolute Gasteiger partial charge is 0.240 e. The summed E-state index contributed by atoms with van der Waals surface area (Å²) in [6, 6.07) is 11.2. The van der Waals surface area contributed by atoms with Crippen LogP contribution in [0.4, 0.5) is 4.39 Å². The number of aryl methyl sites for hydroxylation is 2. The third kappa shape index (κ3) is 4.86. The van der Waals surface area contributed by atoms with Crippen LogP contribution >= 0.6 is 11.6 Å². The van der Waals surface area contributed by atoms with E-state index in [4.69, 9.17) is 21.3 Å². The van der Waals surface area contributed by atoms with E-state index in [1.165, 1.54) is 17.1 Å². The van der Waals surface area contributed by atoms with E-state index in [0.29, 0.717) is 28.5 Å². The van der Waals surface area contributed by atoms with Crippen LogP contribution < -0.4 is 4.74 Å². The van der Waals surface area contributed by atoms with E-state index in [1.807, 2.05) is 70.0 Å². The highest BCUT2D eigenvalue weighted by molar-refractivity contribution is 6.31. The first kappa shape index (κ1) is 26.1. The Balaban J connectivity index is 1.49. The summed E-state index contributed by atoms with van der Waals surface area (Å²) in [5.74, 6) is 0.274. The summed E-state index contributed by atoms with van der Waals surface area (Å²) >= 11 is 6.77. The van der Waals surface area contributed by atoms with Crippen LogP contribution in [0.3, 0.4) is 0 Å². The molecule has 3 heterocycles. The molecule has 2 aromatic carbocycles. The first-order valence-electron chi connectivity index (χ1n) is 12.7. The summed E-state index contributed by atoms with van der Waals surface area (Å²) in [5.41, 5.74) is 4.95. The maximum absolute atomic E-state index is 13.7. The number of aromatic nitrogens is 3. The lowest BCUT2D eigenvalue weighted by molar-refractivity contribution is -0.142. The Hall–Kier alpha value is -3.49. The van der Waals surface area contributed by atoms with Crippen LogP contribution in [0.15, 0.2) is 48.8 Å². The molecule has 0 unspecified atom stereocenters. The minimum atomic E-state index is -0.413. The lowest BCUT2D eigenvalue weighted by atomic mass is 9.96. The van der Waals surface area contributed by atoms with E-state index in [2.05, 4.69) is 16.1 Å². The molecule has 1 amide bonds. The first-order chi connectivity index (χ1) is 18.1. The molecule has 0 saturated carbocycles. The Kier molecular flexibility index (Phi) is 7.11. The van der Waals surface area contributed by atoms with Crippen LogP contribution in [-0.4, -0.2) is 56.7 Å². The molecule has 5 rings (SSSR count). The van der Waals surface area contributed by atoms with Gasteiger partial charge in [-0.2, -0.15) is 5.10 Å². The molecular formula is C29H31ClFN5O2. The maximum atomic E-state index is 13.7. The van der Waals surface area contributed by atoms with E-state index >= 15 is 0 Å². The molecule has 1 saturated heterocycles.